The highest BCUT2D eigenvalue weighted by Gasteiger charge is 2.28. The van der Waals surface area contributed by atoms with E-state index in [1.165, 1.54) is 12.4 Å². The van der Waals surface area contributed by atoms with Gasteiger partial charge in [0.1, 0.15) is 6.61 Å². The number of rotatable bonds is 2. The van der Waals surface area contributed by atoms with E-state index in [1.54, 1.807) is 0 Å². The van der Waals surface area contributed by atoms with Crippen LogP contribution >= 0.6 is 0 Å². The van der Waals surface area contributed by atoms with E-state index in [4.69, 9.17) is 10.8 Å². The van der Waals surface area contributed by atoms with Crippen LogP contribution in [0.3, 0.4) is 0 Å². The van der Waals surface area contributed by atoms with Gasteiger partial charge < -0.3 is 15.6 Å². The van der Waals surface area contributed by atoms with Crippen LogP contribution in [-0.2, 0) is 0 Å². The molecule has 1 aromatic rings. The summed E-state index contributed by atoms with van der Waals surface area (Å²) in [4.78, 5) is 6.85. The minimum atomic E-state index is -4.40. The van der Waals surface area contributed by atoms with Crippen molar-refractivity contribution in [3.8, 4) is 6.01 Å². The molecule has 11 heteroatoms. The number of aliphatic hydroxyl groups excluding tert-OH is 1. The van der Waals surface area contributed by atoms with Crippen molar-refractivity contribution >= 4 is 5.69 Å². The first-order valence-electron chi connectivity index (χ1n) is 4.48. The molecule has 19 heavy (non-hydrogen) atoms. The summed E-state index contributed by atoms with van der Waals surface area (Å²) in [7, 11) is 0. The van der Waals surface area contributed by atoms with Gasteiger partial charge in [-0.05, 0) is 0 Å². The molecule has 1 rings (SSSR count). The Hall–Kier alpha value is -1.78. The molecule has 1 aromatic heterocycles. The highest BCUT2D eigenvalue weighted by Crippen LogP contribution is 2.15. The van der Waals surface area contributed by atoms with E-state index in [-0.39, 0.29) is 11.7 Å². The predicted molar refractivity (Wildman–Crippen MR) is 51.1 cm³/mol. The number of nitrogens with zero attached hydrogens (tertiary/aromatic N) is 2. The minimum Gasteiger partial charge on any atom is -0.454 e. The number of aliphatic hydroxyl groups is 1. The standard InChI is InChI=1S/C6H6F3N3O.C2H3F3O/c7-6(8,9)3-13-5-11-1-4(10)2-12-5;3-2(4,5)1-6/h1-2H,3,10H2;6H,1H2. The van der Waals surface area contributed by atoms with E-state index in [9.17, 15) is 26.3 Å². The SMILES string of the molecule is Nc1cnc(OCC(F)(F)F)nc1.OCC(F)(F)F. The fourth-order valence-electron chi connectivity index (χ4n) is 0.547. The molecule has 0 saturated carbocycles. The Labute approximate surface area is 103 Å². The first-order valence-corrected chi connectivity index (χ1v) is 4.48. The molecule has 5 nitrogen and oxygen atoms in total. The second-order valence-corrected chi connectivity index (χ2v) is 2.98. The third-order valence-corrected chi connectivity index (χ3v) is 1.19. The van der Waals surface area contributed by atoms with E-state index >= 15 is 0 Å². The first kappa shape index (κ1) is 17.2. The summed E-state index contributed by atoms with van der Waals surface area (Å²) in [5.41, 5.74) is 5.47. The molecule has 0 unspecified atom stereocenters. The number of aromatic nitrogens is 2. The molecule has 3 N–H and O–H groups in total. The molecule has 0 amide bonds. The number of hydrogen-bond donors (Lipinski definition) is 2. The molecular formula is C8H9F6N3O2. The Balaban J connectivity index is 0.000000459. The zero-order valence-electron chi connectivity index (χ0n) is 9.16. The van der Waals surface area contributed by atoms with Crippen LogP contribution in [0.15, 0.2) is 12.4 Å². The number of halogens is 6. The summed E-state index contributed by atoms with van der Waals surface area (Å²) < 4.78 is 70.7. The summed E-state index contributed by atoms with van der Waals surface area (Å²) in [5, 5.41) is 7.28. The second kappa shape index (κ2) is 6.97. The van der Waals surface area contributed by atoms with Crippen molar-refractivity contribution in [3.63, 3.8) is 0 Å². The molecule has 0 aromatic carbocycles. The van der Waals surface area contributed by atoms with Crippen LogP contribution in [0.5, 0.6) is 6.01 Å². The second-order valence-electron chi connectivity index (χ2n) is 2.98. The van der Waals surface area contributed by atoms with Gasteiger partial charge >= 0.3 is 18.4 Å². The maximum absolute atomic E-state index is 11.6. The van der Waals surface area contributed by atoms with E-state index in [2.05, 4.69) is 14.7 Å². The molecule has 0 aliphatic heterocycles. The third kappa shape index (κ3) is 11.1. The third-order valence-electron chi connectivity index (χ3n) is 1.19. The van der Waals surface area contributed by atoms with E-state index in [1.807, 2.05) is 0 Å². The van der Waals surface area contributed by atoms with Crippen LogP contribution < -0.4 is 10.5 Å². The predicted octanol–water partition coefficient (Wildman–Crippen LogP) is 1.54. The van der Waals surface area contributed by atoms with Gasteiger partial charge in [-0.15, -0.1) is 0 Å². The molecule has 0 saturated heterocycles. The number of anilines is 1. The number of hydrogen-bond acceptors (Lipinski definition) is 5. The minimum absolute atomic E-state index is 0.263. The highest BCUT2D eigenvalue weighted by atomic mass is 19.4. The molecule has 0 radical (unpaired) electrons. The number of nitrogens with two attached hydrogens (primary N) is 1. The summed E-state index contributed by atoms with van der Waals surface area (Å²) in [6, 6.07) is -0.341. The lowest BCUT2D eigenvalue weighted by molar-refractivity contribution is -0.159. The number of nitrogen functional groups attached to an aromatic ring is 1. The van der Waals surface area contributed by atoms with Crippen LogP contribution in [0.25, 0.3) is 0 Å². The van der Waals surface area contributed by atoms with Crippen LogP contribution in [0.1, 0.15) is 0 Å². The van der Waals surface area contributed by atoms with Gasteiger partial charge in [-0.25, -0.2) is 9.97 Å². The Morgan fingerprint density at radius 1 is 1.05 bits per heavy atom. The molecule has 0 aliphatic carbocycles. The molecule has 110 valence electrons. The molecule has 0 spiro atoms. The molecule has 0 fully saturated rings. The van der Waals surface area contributed by atoms with Crippen LogP contribution in [0, 0.1) is 0 Å². The number of alkyl halides is 6. The molecule has 1 heterocycles. The van der Waals surface area contributed by atoms with Gasteiger partial charge in [-0.1, -0.05) is 0 Å². The lowest BCUT2D eigenvalue weighted by Crippen LogP contribution is -2.20. The average molecular weight is 293 g/mol. The van der Waals surface area contributed by atoms with Gasteiger partial charge in [0.25, 0.3) is 0 Å². The van der Waals surface area contributed by atoms with Gasteiger partial charge in [0.15, 0.2) is 6.61 Å². The largest absolute Gasteiger partial charge is 0.454 e. The topological polar surface area (TPSA) is 81.3 Å². The summed E-state index contributed by atoms with van der Waals surface area (Å²) in [5.74, 6) is 0. The maximum Gasteiger partial charge on any atom is 0.422 e. The summed E-state index contributed by atoms with van der Waals surface area (Å²) in [6.45, 7) is -3.14. The Morgan fingerprint density at radius 3 is 1.79 bits per heavy atom. The molecular weight excluding hydrogens is 284 g/mol. The van der Waals surface area contributed by atoms with Crippen molar-refractivity contribution in [2.45, 2.75) is 12.4 Å². The summed E-state index contributed by atoms with van der Waals surface area (Å²) in [6.07, 6.45) is -6.46. The van der Waals surface area contributed by atoms with Gasteiger partial charge in [0, 0.05) is 0 Å². The van der Waals surface area contributed by atoms with E-state index in [0.29, 0.717) is 0 Å². The fourth-order valence-corrected chi connectivity index (χ4v) is 0.547. The Kier molecular flexibility index (Phi) is 6.32. The van der Waals surface area contributed by atoms with Crippen molar-refractivity contribution in [2.24, 2.45) is 0 Å². The Morgan fingerprint density at radius 2 is 1.47 bits per heavy atom. The highest BCUT2D eigenvalue weighted by molar-refractivity contribution is 5.30. The monoisotopic (exact) mass is 293 g/mol. The van der Waals surface area contributed by atoms with Crippen molar-refractivity contribution < 1.29 is 36.2 Å². The lowest BCUT2D eigenvalue weighted by Gasteiger charge is -2.06. The van der Waals surface area contributed by atoms with Crippen molar-refractivity contribution in [1.29, 1.82) is 0 Å². The van der Waals surface area contributed by atoms with E-state index < -0.39 is 25.6 Å². The van der Waals surface area contributed by atoms with Crippen molar-refractivity contribution in [2.75, 3.05) is 18.9 Å². The van der Waals surface area contributed by atoms with Gasteiger partial charge in [0.05, 0.1) is 18.1 Å². The van der Waals surface area contributed by atoms with Crippen LogP contribution in [-0.4, -0.2) is 40.6 Å². The van der Waals surface area contributed by atoms with Crippen LogP contribution in [0.4, 0.5) is 32.0 Å². The molecule has 0 atom stereocenters. The van der Waals surface area contributed by atoms with Gasteiger partial charge in [-0.3, -0.25) is 0 Å². The normalized spacial score (nSPS) is 11.5. The average Bonchev–Trinajstić information content (AvgIpc) is 2.27. The van der Waals surface area contributed by atoms with Crippen LogP contribution in [0.2, 0.25) is 0 Å². The summed E-state index contributed by atoms with van der Waals surface area (Å²) >= 11 is 0. The maximum atomic E-state index is 11.6. The zero-order valence-corrected chi connectivity index (χ0v) is 9.16. The van der Waals surface area contributed by atoms with Gasteiger partial charge in [-0.2, -0.15) is 26.3 Å². The number of ether oxygens (including phenoxy) is 1. The van der Waals surface area contributed by atoms with E-state index in [0.717, 1.165) is 0 Å². The smallest absolute Gasteiger partial charge is 0.422 e. The fraction of sp³-hybridized carbons (Fsp3) is 0.500. The first-order chi connectivity index (χ1) is 8.53. The molecule has 0 bridgehead atoms. The molecule has 0 aliphatic rings. The zero-order chi connectivity index (χ0) is 15.1. The van der Waals surface area contributed by atoms with Crippen molar-refractivity contribution in [1.82, 2.24) is 9.97 Å². The lowest BCUT2D eigenvalue weighted by atomic mass is 10.6. The quantitative estimate of drug-likeness (QED) is 0.808. The van der Waals surface area contributed by atoms with Crippen molar-refractivity contribution in [3.05, 3.63) is 12.4 Å². The Bertz CT molecular complexity index is 364. The van der Waals surface area contributed by atoms with Gasteiger partial charge in [0.2, 0.25) is 0 Å².